The third-order valence-corrected chi connectivity index (χ3v) is 2.54. The Balaban J connectivity index is 2.88. The topological polar surface area (TPSA) is 72.5 Å². The van der Waals surface area contributed by atoms with Crippen molar-refractivity contribution in [3.05, 3.63) is 28.8 Å². The summed E-state index contributed by atoms with van der Waals surface area (Å²) in [7, 11) is 1.29. The number of esters is 1. The van der Waals surface area contributed by atoms with Gasteiger partial charge in [-0.1, -0.05) is 17.7 Å². The van der Waals surface area contributed by atoms with Crippen molar-refractivity contribution in [3.63, 3.8) is 0 Å². The van der Waals surface area contributed by atoms with Crippen LogP contribution in [0.15, 0.2) is 18.2 Å². The molecule has 5 heteroatoms. The molecule has 4 nitrogen and oxygen atoms in total. The summed E-state index contributed by atoms with van der Waals surface area (Å²) >= 11 is 5.75. The summed E-state index contributed by atoms with van der Waals surface area (Å²) in [5, 5.41) is 9.48. The maximum Gasteiger partial charge on any atom is 0.325 e. The number of benzene rings is 1. The first-order chi connectivity index (χ1) is 7.36. The fourth-order valence-electron chi connectivity index (χ4n) is 1.39. The number of aromatic hydroxyl groups is 1. The highest BCUT2D eigenvalue weighted by atomic mass is 35.5. The fourth-order valence-corrected chi connectivity index (χ4v) is 1.59. The molecule has 3 N–H and O–H groups in total. The van der Waals surface area contributed by atoms with Crippen molar-refractivity contribution in [2.75, 3.05) is 7.11 Å². The molecule has 0 aromatic heterocycles. The number of phenolic OH excluding ortho intramolecular Hbond substituents is 1. The minimum Gasteiger partial charge on any atom is -0.506 e. The summed E-state index contributed by atoms with van der Waals surface area (Å²) in [6, 6.07) is 4.70. The molecule has 0 spiro atoms. The third kappa shape index (κ3) is 2.87. The zero-order valence-corrected chi connectivity index (χ0v) is 9.91. The number of ether oxygens (including phenoxy) is 1. The van der Waals surface area contributed by atoms with Gasteiger partial charge in [-0.3, -0.25) is 4.79 Å². The van der Waals surface area contributed by atoms with Crippen molar-refractivity contribution >= 4 is 17.6 Å². The van der Waals surface area contributed by atoms with Gasteiger partial charge in [0.05, 0.1) is 12.1 Å². The van der Waals surface area contributed by atoms with Gasteiger partial charge in [-0.25, -0.2) is 0 Å². The molecular weight excluding hydrogens is 230 g/mol. The average molecular weight is 244 g/mol. The fraction of sp³-hybridized carbons (Fsp3) is 0.364. The predicted octanol–water partition coefficient (Wildman–Crippen LogP) is 1.48. The van der Waals surface area contributed by atoms with E-state index in [9.17, 15) is 9.90 Å². The predicted molar refractivity (Wildman–Crippen MR) is 61.4 cm³/mol. The van der Waals surface area contributed by atoms with Gasteiger partial charge in [-0.05, 0) is 24.6 Å². The molecule has 0 radical (unpaired) electrons. The van der Waals surface area contributed by atoms with Gasteiger partial charge < -0.3 is 15.6 Å². The van der Waals surface area contributed by atoms with Crippen molar-refractivity contribution < 1.29 is 14.6 Å². The summed E-state index contributed by atoms with van der Waals surface area (Å²) < 4.78 is 4.59. The number of nitrogens with two attached hydrogens (primary N) is 1. The van der Waals surface area contributed by atoms with Gasteiger partial charge in [-0.2, -0.15) is 0 Å². The molecule has 0 saturated heterocycles. The SMILES string of the molecule is COC(=O)C(C)(N)Cc1ccc(O)c(Cl)c1. The second kappa shape index (κ2) is 4.72. The van der Waals surface area contributed by atoms with E-state index < -0.39 is 11.5 Å². The largest absolute Gasteiger partial charge is 0.506 e. The molecule has 16 heavy (non-hydrogen) atoms. The van der Waals surface area contributed by atoms with Crippen molar-refractivity contribution in [1.29, 1.82) is 0 Å². The van der Waals surface area contributed by atoms with Crippen LogP contribution in [0.25, 0.3) is 0 Å². The van der Waals surface area contributed by atoms with Gasteiger partial charge in [0.25, 0.3) is 0 Å². The zero-order chi connectivity index (χ0) is 12.3. The van der Waals surface area contributed by atoms with E-state index in [1.165, 1.54) is 13.2 Å². The first-order valence-corrected chi connectivity index (χ1v) is 5.09. The number of rotatable bonds is 3. The maximum absolute atomic E-state index is 11.4. The van der Waals surface area contributed by atoms with Crippen LogP contribution in [-0.4, -0.2) is 23.7 Å². The van der Waals surface area contributed by atoms with E-state index in [0.717, 1.165) is 5.56 Å². The van der Waals surface area contributed by atoms with Crippen LogP contribution in [0.3, 0.4) is 0 Å². The Labute approximate surface area is 99.0 Å². The van der Waals surface area contributed by atoms with Gasteiger partial charge in [0.2, 0.25) is 0 Å². The smallest absolute Gasteiger partial charge is 0.325 e. The number of phenols is 1. The minimum atomic E-state index is -1.10. The van der Waals surface area contributed by atoms with Gasteiger partial charge in [0.15, 0.2) is 0 Å². The van der Waals surface area contributed by atoms with E-state index in [1.54, 1.807) is 19.1 Å². The normalized spacial score (nSPS) is 14.2. The molecule has 0 fully saturated rings. The average Bonchev–Trinajstić information content (AvgIpc) is 2.22. The van der Waals surface area contributed by atoms with Crippen molar-refractivity contribution in [2.24, 2.45) is 5.73 Å². The van der Waals surface area contributed by atoms with E-state index in [-0.39, 0.29) is 10.8 Å². The highest BCUT2D eigenvalue weighted by molar-refractivity contribution is 6.32. The van der Waals surface area contributed by atoms with Gasteiger partial charge in [0.1, 0.15) is 11.3 Å². The summed E-state index contributed by atoms with van der Waals surface area (Å²) in [4.78, 5) is 11.4. The number of halogens is 1. The number of carbonyl (C=O) groups is 1. The quantitative estimate of drug-likeness (QED) is 0.789. The molecule has 0 aliphatic heterocycles. The van der Waals surface area contributed by atoms with Crippen LogP contribution in [-0.2, 0) is 16.0 Å². The van der Waals surface area contributed by atoms with Crippen LogP contribution < -0.4 is 5.73 Å². The Morgan fingerprint density at radius 1 is 1.62 bits per heavy atom. The van der Waals surface area contributed by atoms with E-state index in [0.29, 0.717) is 6.42 Å². The monoisotopic (exact) mass is 243 g/mol. The Bertz CT molecular complexity index is 404. The van der Waals surface area contributed by atoms with Crippen LogP contribution in [0.2, 0.25) is 5.02 Å². The number of carbonyl (C=O) groups excluding carboxylic acids is 1. The third-order valence-electron chi connectivity index (χ3n) is 2.24. The molecule has 0 amide bonds. The van der Waals surface area contributed by atoms with Crippen LogP contribution >= 0.6 is 11.6 Å². The molecule has 0 aliphatic carbocycles. The summed E-state index contributed by atoms with van der Waals surface area (Å²) in [5.74, 6) is -0.487. The van der Waals surface area contributed by atoms with Crippen LogP contribution in [0.1, 0.15) is 12.5 Å². The second-order valence-electron chi connectivity index (χ2n) is 3.87. The standard InChI is InChI=1S/C11H14ClNO3/c1-11(13,10(15)16-2)6-7-3-4-9(14)8(12)5-7/h3-5,14H,6,13H2,1-2H3. The summed E-state index contributed by atoms with van der Waals surface area (Å²) in [5.41, 5.74) is 5.47. The molecule has 0 bridgehead atoms. The lowest BCUT2D eigenvalue weighted by atomic mass is 9.94. The van der Waals surface area contributed by atoms with E-state index in [2.05, 4.69) is 4.74 Å². The minimum absolute atomic E-state index is 0.00205. The van der Waals surface area contributed by atoms with Crippen molar-refractivity contribution in [3.8, 4) is 5.75 Å². The molecule has 0 saturated carbocycles. The van der Waals surface area contributed by atoms with E-state index >= 15 is 0 Å². The second-order valence-corrected chi connectivity index (χ2v) is 4.28. The summed E-state index contributed by atoms with van der Waals surface area (Å²) in [6.45, 7) is 1.58. The number of hydrogen-bond acceptors (Lipinski definition) is 4. The molecule has 1 aromatic carbocycles. The van der Waals surface area contributed by atoms with E-state index in [1.807, 2.05) is 0 Å². The zero-order valence-electron chi connectivity index (χ0n) is 9.16. The van der Waals surface area contributed by atoms with E-state index in [4.69, 9.17) is 17.3 Å². The molecule has 1 unspecified atom stereocenters. The van der Waals surface area contributed by atoms with Crippen molar-refractivity contribution in [2.45, 2.75) is 18.9 Å². The first-order valence-electron chi connectivity index (χ1n) is 4.71. The molecule has 0 aliphatic rings. The van der Waals surface area contributed by atoms with Crippen LogP contribution in [0, 0.1) is 0 Å². The molecule has 1 rings (SSSR count). The number of hydrogen-bond donors (Lipinski definition) is 2. The van der Waals surface area contributed by atoms with Crippen molar-refractivity contribution in [1.82, 2.24) is 0 Å². The molecule has 1 aromatic rings. The lowest BCUT2D eigenvalue weighted by molar-refractivity contribution is -0.146. The molecule has 88 valence electrons. The van der Waals surface area contributed by atoms with Gasteiger partial charge >= 0.3 is 5.97 Å². The highest BCUT2D eigenvalue weighted by Crippen LogP contribution is 2.25. The Kier molecular flexibility index (Phi) is 3.78. The van der Waals surface area contributed by atoms with Crippen LogP contribution in [0.5, 0.6) is 5.75 Å². The number of methoxy groups -OCH3 is 1. The lowest BCUT2D eigenvalue weighted by Crippen LogP contribution is -2.47. The Hall–Kier alpha value is -1.26. The first kappa shape index (κ1) is 12.8. The van der Waals surface area contributed by atoms with Gasteiger partial charge in [-0.15, -0.1) is 0 Å². The molecule has 1 atom stereocenters. The molecular formula is C11H14ClNO3. The Morgan fingerprint density at radius 3 is 2.75 bits per heavy atom. The maximum atomic E-state index is 11.4. The van der Waals surface area contributed by atoms with Gasteiger partial charge in [0, 0.05) is 6.42 Å². The summed E-state index contributed by atoms with van der Waals surface area (Å²) in [6.07, 6.45) is 0.291. The molecule has 0 heterocycles. The van der Waals surface area contributed by atoms with Crippen LogP contribution in [0.4, 0.5) is 0 Å². The lowest BCUT2D eigenvalue weighted by Gasteiger charge is -2.21. The highest BCUT2D eigenvalue weighted by Gasteiger charge is 2.29. The Morgan fingerprint density at radius 2 is 2.25 bits per heavy atom.